The second-order valence-corrected chi connectivity index (χ2v) is 10.1. The van der Waals surface area contributed by atoms with Crippen molar-refractivity contribution in [2.45, 2.75) is 49.9 Å². The quantitative estimate of drug-likeness (QED) is 0.382. The van der Waals surface area contributed by atoms with Gasteiger partial charge in [0, 0.05) is 30.4 Å². The molecule has 192 valence electrons. The van der Waals surface area contributed by atoms with Crippen LogP contribution >= 0.6 is 0 Å². The van der Waals surface area contributed by atoms with Crippen molar-refractivity contribution in [1.29, 1.82) is 0 Å². The lowest BCUT2D eigenvalue weighted by Crippen LogP contribution is -2.45. The molecule has 0 radical (unpaired) electrons. The zero-order chi connectivity index (χ0) is 26.3. The third kappa shape index (κ3) is 3.80. The number of fused-ring (bicyclic) bond motifs is 2. The van der Waals surface area contributed by atoms with Gasteiger partial charge in [-0.05, 0) is 49.8 Å². The van der Waals surface area contributed by atoms with Gasteiger partial charge in [-0.1, -0.05) is 0 Å². The monoisotopic (exact) mass is 513 g/mol. The number of alkyl halides is 3. The number of hydrogen-bond acceptors (Lipinski definition) is 7. The summed E-state index contributed by atoms with van der Waals surface area (Å²) in [5.41, 5.74) is 1.23. The zero-order valence-electron chi connectivity index (χ0n) is 19.7. The molecule has 1 aliphatic heterocycles. The van der Waals surface area contributed by atoms with Gasteiger partial charge in [0.15, 0.2) is 5.65 Å². The van der Waals surface area contributed by atoms with Crippen LogP contribution in [0.15, 0.2) is 46.5 Å². The molecular weight excluding hydrogens is 491 g/mol. The minimum absolute atomic E-state index is 0.0382. The van der Waals surface area contributed by atoms with E-state index in [4.69, 9.17) is 0 Å². The summed E-state index contributed by atoms with van der Waals surface area (Å²) in [7, 11) is 0. The number of aromatic nitrogens is 6. The number of nitrogens with zero attached hydrogens (tertiary/aromatic N) is 5. The van der Waals surface area contributed by atoms with Crippen LogP contribution in [0, 0.1) is 0 Å². The fourth-order valence-corrected chi connectivity index (χ4v) is 5.25. The summed E-state index contributed by atoms with van der Waals surface area (Å²) in [5.74, 6) is -0.0836. The van der Waals surface area contributed by atoms with Crippen LogP contribution in [0.2, 0.25) is 0 Å². The lowest BCUT2D eigenvalue weighted by molar-refractivity contribution is -0.124. The van der Waals surface area contributed by atoms with E-state index < -0.39 is 35.6 Å². The van der Waals surface area contributed by atoms with Gasteiger partial charge in [0.25, 0.3) is 5.56 Å². The summed E-state index contributed by atoms with van der Waals surface area (Å²) in [5, 5.41) is 15.1. The van der Waals surface area contributed by atoms with Gasteiger partial charge in [-0.15, -0.1) is 0 Å². The first-order valence-electron chi connectivity index (χ1n) is 11.6. The predicted octanol–water partition coefficient (Wildman–Crippen LogP) is 2.42. The summed E-state index contributed by atoms with van der Waals surface area (Å²) < 4.78 is 41.4. The number of pyridine rings is 1. The van der Waals surface area contributed by atoms with Crippen molar-refractivity contribution in [1.82, 2.24) is 29.5 Å². The standard InChI is InChI=1S/C24H22F3N7O3/c1-23(2)18-17(33(21(23)36)10-24(25,26)27)5-11(8-29-18)12-6-13(12)14-7-16(32-34-4-3-28-19(14)34)15-9-30-22(37)31-20(15)35/h3-5,7-9,12-13,21,36H,6,10H2,1-2H3,(H2,30,31,35,37)/t12-,13+,21?/m1/s1. The van der Waals surface area contributed by atoms with Crippen molar-refractivity contribution in [3.8, 4) is 11.3 Å². The largest absolute Gasteiger partial charge is 0.406 e. The Kier molecular flexibility index (Phi) is 4.90. The van der Waals surface area contributed by atoms with Crippen LogP contribution in [-0.4, -0.2) is 53.6 Å². The van der Waals surface area contributed by atoms with Crippen molar-refractivity contribution in [2.24, 2.45) is 0 Å². The van der Waals surface area contributed by atoms with Crippen LogP contribution < -0.4 is 16.1 Å². The first kappa shape index (κ1) is 23.4. The highest BCUT2D eigenvalue weighted by Gasteiger charge is 2.50. The molecule has 37 heavy (non-hydrogen) atoms. The topological polar surface area (TPSA) is 132 Å². The van der Waals surface area contributed by atoms with Crippen molar-refractivity contribution in [2.75, 3.05) is 11.4 Å². The molecular formula is C24H22F3N7O3. The smallest absolute Gasteiger partial charge is 0.373 e. The molecule has 5 heterocycles. The van der Waals surface area contributed by atoms with Crippen LogP contribution in [0.3, 0.4) is 0 Å². The third-order valence-corrected chi connectivity index (χ3v) is 7.20. The van der Waals surface area contributed by atoms with Crippen LogP contribution in [0.1, 0.15) is 48.9 Å². The van der Waals surface area contributed by atoms with E-state index in [0.29, 0.717) is 23.5 Å². The Morgan fingerprint density at radius 1 is 1.19 bits per heavy atom. The van der Waals surface area contributed by atoms with Crippen molar-refractivity contribution >= 4 is 11.3 Å². The number of rotatable bonds is 4. The maximum Gasteiger partial charge on any atom is 0.406 e. The highest BCUT2D eigenvalue weighted by Crippen LogP contribution is 2.57. The maximum atomic E-state index is 13.3. The first-order valence-corrected chi connectivity index (χ1v) is 11.6. The van der Waals surface area contributed by atoms with E-state index in [1.807, 2.05) is 0 Å². The second-order valence-electron chi connectivity index (χ2n) is 10.1. The molecule has 3 N–H and O–H groups in total. The van der Waals surface area contributed by atoms with Crippen molar-refractivity contribution < 1.29 is 18.3 Å². The van der Waals surface area contributed by atoms with Gasteiger partial charge in [0.05, 0.1) is 28.1 Å². The Morgan fingerprint density at radius 3 is 2.70 bits per heavy atom. The molecule has 1 unspecified atom stereocenters. The number of halogens is 3. The molecule has 2 aliphatic rings. The van der Waals surface area contributed by atoms with Crippen molar-refractivity contribution in [3.63, 3.8) is 0 Å². The lowest BCUT2D eigenvalue weighted by Gasteiger charge is -2.29. The van der Waals surface area contributed by atoms with E-state index in [1.165, 1.54) is 6.20 Å². The molecule has 0 bridgehead atoms. The zero-order valence-corrected chi connectivity index (χ0v) is 19.7. The number of nitrogens with one attached hydrogen (secondary N) is 2. The van der Waals surface area contributed by atoms with E-state index in [0.717, 1.165) is 16.0 Å². The number of hydrogen-bond donors (Lipinski definition) is 3. The normalized spacial score (nSPS) is 22.4. The van der Waals surface area contributed by atoms with Crippen LogP contribution in [-0.2, 0) is 5.41 Å². The van der Waals surface area contributed by atoms with Crippen molar-refractivity contribution in [3.05, 3.63) is 74.6 Å². The summed E-state index contributed by atoms with van der Waals surface area (Å²) >= 11 is 0. The number of anilines is 1. The second kappa shape index (κ2) is 7.75. The Labute approximate surface area is 206 Å². The van der Waals surface area contributed by atoms with Gasteiger partial charge in [-0.25, -0.2) is 14.3 Å². The molecule has 0 spiro atoms. The SMILES string of the molecule is CC1(C)c2ncc([C@H]3C[C@@H]3c3cc(-c4c[nH]c(=O)[nH]c4=O)nn4ccnc34)cc2N(CC(F)(F)F)C1O. The van der Waals surface area contributed by atoms with Crippen LogP contribution in [0.4, 0.5) is 18.9 Å². The summed E-state index contributed by atoms with van der Waals surface area (Å²) in [6, 6.07) is 3.44. The number of imidazole rings is 1. The van der Waals surface area contributed by atoms with Gasteiger partial charge < -0.3 is 15.0 Å². The third-order valence-electron chi connectivity index (χ3n) is 7.20. The van der Waals surface area contributed by atoms with Gasteiger partial charge in [0.1, 0.15) is 12.8 Å². The van der Waals surface area contributed by atoms with E-state index in [-0.39, 0.29) is 23.1 Å². The number of aromatic amines is 2. The average Bonchev–Trinajstić information content (AvgIpc) is 3.44. The minimum Gasteiger partial charge on any atom is -0.373 e. The molecule has 1 saturated carbocycles. The Bertz CT molecular complexity index is 1660. The molecule has 0 amide bonds. The fourth-order valence-electron chi connectivity index (χ4n) is 5.25. The summed E-state index contributed by atoms with van der Waals surface area (Å²) in [6.45, 7) is 2.07. The Balaban J connectivity index is 1.38. The molecule has 1 aliphatic carbocycles. The molecule has 10 nitrogen and oxygen atoms in total. The number of aliphatic hydroxyl groups excluding tert-OH is 1. The fraction of sp³-hybridized carbons (Fsp3) is 0.375. The maximum absolute atomic E-state index is 13.3. The summed E-state index contributed by atoms with van der Waals surface area (Å²) in [4.78, 5) is 38.3. The predicted molar refractivity (Wildman–Crippen MR) is 126 cm³/mol. The number of H-pyrrole nitrogens is 2. The highest BCUT2D eigenvalue weighted by molar-refractivity contribution is 5.65. The average molecular weight is 513 g/mol. The van der Waals surface area contributed by atoms with E-state index in [9.17, 15) is 27.9 Å². The van der Waals surface area contributed by atoms with Gasteiger partial charge >= 0.3 is 11.9 Å². The Morgan fingerprint density at radius 2 is 1.97 bits per heavy atom. The molecule has 13 heteroatoms. The van der Waals surface area contributed by atoms with Gasteiger partial charge in [-0.2, -0.15) is 18.3 Å². The molecule has 3 atom stereocenters. The lowest BCUT2D eigenvalue weighted by atomic mass is 9.89. The van der Waals surface area contributed by atoms with Crippen LogP contribution in [0.25, 0.3) is 16.9 Å². The van der Waals surface area contributed by atoms with Gasteiger partial charge in [-0.3, -0.25) is 14.8 Å². The Hall–Kier alpha value is -4.00. The van der Waals surface area contributed by atoms with E-state index >= 15 is 0 Å². The van der Waals surface area contributed by atoms with E-state index in [2.05, 4.69) is 25.0 Å². The minimum atomic E-state index is -4.49. The van der Waals surface area contributed by atoms with E-state index in [1.54, 1.807) is 49.1 Å². The molecule has 0 saturated heterocycles. The van der Waals surface area contributed by atoms with Crippen LogP contribution in [0.5, 0.6) is 0 Å². The van der Waals surface area contributed by atoms with Gasteiger partial charge in [0.2, 0.25) is 0 Å². The molecule has 4 aromatic heterocycles. The summed E-state index contributed by atoms with van der Waals surface area (Å²) in [6.07, 6.45) is 1.04. The molecule has 6 rings (SSSR count). The molecule has 4 aromatic rings. The molecule has 1 fully saturated rings. The molecule has 0 aromatic carbocycles. The number of aliphatic hydroxyl groups is 1. The first-order chi connectivity index (χ1) is 17.4. The highest BCUT2D eigenvalue weighted by atomic mass is 19.4.